The molecule has 1 heterocycles. The zero-order chi connectivity index (χ0) is 22.5. The van der Waals surface area contributed by atoms with Gasteiger partial charge in [-0.25, -0.2) is 18.1 Å². The van der Waals surface area contributed by atoms with Crippen LogP contribution in [0.25, 0.3) is 0 Å². The third-order valence-corrected chi connectivity index (χ3v) is 6.26. The van der Waals surface area contributed by atoms with Gasteiger partial charge in [0.05, 0.1) is 4.90 Å². The SMILES string of the molecule is O=C(NCc1cccnc1OCC(F)(F)F)c1cccc(S(=O)(=O)NC2CCCC2)c1. The molecule has 2 N–H and O–H groups in total. The van der Waals surface area contributed by atoms with Crippen LogP contribution in [0.3, 0.4) is 0 Å². The molecule has 168 valence electrons. The van der Waals surface area contributed by atoms with E-state index in [2.05, 4.69) is 15.0 Å². The second-order valence-electron chi connectivity index (χ2n) is 7.18. The van der Waals surface area contributed by atoms with Crippen molar-refractivity contribution in [1.29, 1.82) is 0 Å². The summed E-state index contributed by atoms with van der Waals surface area (Å²) in [6, 6.07) is 8.45. The number of ether oxygens (including phenoxy) is 1. The van der Waals surface area contributed by atoms with Crippen molar-refractivity contribution in [2.24, 2.45) is 0 Å². The highest BCUT2D eigenvalue weighted by Gasteiger charge is 2.29. The summed E-state index contributed by atoms with van der Waals surface area (Å²) in [5.74, 6) is -0.819. The Labute approximate surface area is 178 Å². The molecule has 11 heteroatoms. The number of carbonyl (C=O) groups is 1. The number of alkyl halides is 3. The van der Waals surface area contributed by atoms with Crippen molar-refractivity contribution in [2.45, 2.75) is 49.3 Å². The minimum absolute atomic E-state index is 0.0253. The fraction of sp³-hybridized carbons (Fsp3) is 0.400. The van der Waals surface area contributed by atoms with Crippen LogP contribution >= 0.6 is 0 Å². The number of sulfonamides is 1. The number of rotatable bonds is 8. The van der Waals surface area contributed by atoms with Gasteiger partial charge in [-0.2, -0.15) is 13.2 Å². The van der Waals surface area contributed by atoms with E-state index in [1.165, 1.54) is 42.6 Å². The lowest BCUT2D eigenvalue weighted by atomic mass is 10.2. The Hall–Kier alpha value is -2.66. The lowest BCUT2D eigenvalue weighted by Crippen LogP contribution is -2.33. The molecule has 0 spiro atoms. The van der Waals surface area contributed by atoms with Crippen LogP contribution in [0.2, 0.25) is 0 Å². The van der Waals surface area contributed by atoms with Crippen LogP contribution in [0, 0.1) is 0 Å². The van der Waals surface area contributed by atoms with Gasteiger partial charge in [-0.3, -0.25) is 4.79 Å². The molecule has 1 aliphatic rings. The van der Waals surface area contributed by atoms with Crippen molar-refractivity contribution in [1.82, 2.24) is 15.0 Å². The topological polar surface area (TPSA) is 97.4 Å². The molecule has 1 fully saturated rings. The van der Waals surface area contributed by atoms with Gasteiger partial charge in [0, 0.05) is 29.9 Å². The molecule has 1 aromatic carbocycles. The number of amides is 1. The first-order valence-electron chi connectivity index (χ1n) is 9.68. The average molecular weight is 457 g/mol. The van der Waals surface area contributed by atoms with E-state index in [4.69, 9.17) is 4.74 Å². The van der Waals surface area contributed by atoms with Crippen LogP contribution in [0.15, 0.2) is 47.5 Å². The third kappa shape index (κ3) is 6.66. The number of aromatic nitrogens is 1. The molecular weight excluding hydrogens is 435 g/mol. The van der Waals surface area contributed by atoms with E-state index in [9.17, 15) is 26.4 Å². The normalized spacial score (nSPS) is 15.1. The Kier molecular flexibility index (Phi) is 7.16. The zero-order valence-electron chi connectivity index (χ0n) is 16.5. The van der Waals surface area contributed by atoms with Crippen molar-refractivity contribution in [2.75, 3.05) is 6.61 Å². The number of carbonyl (C=O) groups excluding carboxylic acids is 1. The first-order chi connectivity index (χ1) is 14.6. The van der Waals surface area contributed by atoms with Crippen LogP contribution in [0.5, 0.6) is 5.88 Å². The number of pyridine rings is 1. The van der Waals surface area contributed by atoms with E-state index in [0.717, 1.165) is 25.7 Å². The summed E-state index contributed by atoms with van der Waals surface area (Å²) >= 11 is 0. The number of hydrogen-bond donors (Lipinski definition) is 2. The molecule has 0 bridgehead atoms. The Morgan fingerprint density at radius 1 is 1.16 bits per heavy atom. The van der Waals surface area contributed by atoms with Crippen molar-refractivity contribution in [3.63, 3.8) is 0 Å². The molecule has 0 saturated heterocycles. The maximum atomic E-state index is 12.6. The van der Waals surface area contributed by atoms with Crippen LogP contribution in [0.4, 0.5) is 13.2 Å². The van der Waals surface area contributed by atoms with E-state index in [1.807, 2.05) is 0 Å². The van der Waals surface area contributed by atoms with Crippen LogP contribution in [-0.2, 0) is 16.6 Å². The van der Waals surface area contributed by atoms with E-state index in [0.29, 0.717) is 0 Å². The van der Waals surface area contributed by atoms with Crippen molar-refractivity contribution in [3.05, 3.63) is 53.7 Å². The quantitative estimate of drug-likeness (QED) is 0.635. The molecule has 7 nitrogen and oxygen atoms in total. The molecule has 0 unspecified atom stereocenters. The fourth-order valence-electron chi connectivity index (χ4n) is 3.25. The van der Waals surface area contributed by atoms with Crippen LogP contribution in [0.1, 0.15) is 41.6 Å². The van der Waals surface area contributed by atoms with Gasteiger partial charge in [0.25, 0.3) is 5.91 Å². The minimum Gasteiger partial charge on any atom is -0.468 e. The molecule has 2 aromatic rings. The van der Waals surface area contributed by atoms with Crippen molar-refractivity contribution in [3.8, 4) is 5.88 Å². The Morgan fingerprint density at radius 2 is 1.90 bits per heavy atom. The maximum absolute atomic E-state index is 12.6. The average Bonchev–Trinajstić information content (AvgIpc) is 3.23. The molecular formula is C20H22F3N3O4S. The van der Waals surface area contributed by atoms with E-state index < -0.39 is 28.7 Å². The summed E-state index contributed by atoms with van der Waals surface area (Å²) in [4.78, 5) is 16.2. The lowest BCUT2D eigenvalue weighted by Gasteiger charge is -2.14. The monoisotopic (exact) mass is 457 g/mol. The first kappa shape index (κ1) is 23.0. The first-order valence-corrected chi connectivity index (χ1v) is 11.2. The summed E-state index contributed by atoms with van der Waals surface area (Å²) < 4.78 is 69.7. The minimum atomic E-state index is -4.52. The summed E-state index contributed by atoms with van der Waals surface area (Å²) in [6.45, 7) is -1.64. The summed E-state index contributed by atoms with van der Waals surface area (Å²) in [5, 5.41) is 2.55. The van der Waals surface area contributed by atoms with Crippen molar-refractivity contribution < 1.29 is 31.1 Å². The highest BCUT2D eigenvalue weighted by Crippen LogP contribution is 2.22. The predicted octanol–water partition coefficient (Wildman–Crippen LogP) is 3.17. The summed E-state index contributed by atoms with van der Waals surface area (Å²) in [7, 11) is -3.76. The molecule has 1 saturated carbocycles. The molecule has 3 rings (SSSR count). The van der Waals surface area contributed by atoms with Gasteiger partial charge in [-0.15, -0.1) is 0 Å². The van der Waals surface area contributed by atoms with Gasteiger partial charge in [-0.05, 0) is 37.1 Å². The van der Waals surface area contributed by atoms with Gasteiger partial charge in [0.1, 0.15) is 0 Å². The molecule has 31 heavy (non-hydrogen) atoms. The van der Waals surface area contributed by atoms with Crippen LogP contribution in [-0.4, -0.2) is 38.1 Å². The van der Waals surface area contributed by atoms with E-state index in [-0.39, 0.29) is 34.5 Å². The standard InChI is InChI=1S/C20H22F3N3O4S/c21-20(22,23)13-30-19-15(6-4-10-24-19)12-25-18(27)14-5-3-9-17(11-14)31(28,29)26-16-7-1-2-8-16/h3-6,9-11,16,26H,1-2,7-8,12-13H2,(H,25,27). The zero-order valence-corrected chi connectivity index (χ0v) is 17.3. The molecule has 0 atom stereocenters. The second kappa shape index (κ2) is 9.65. The maximum Gasteiger partial charge on any atom is 0.422 e. The smallest absolute Gasteiger partial charge is 0.422 e. The number of hydrogen-bond acceptors (Lipinski definition) is 5. The van der Waals surface area contributed by atoms with Gasteiger partial charge in [0.2, 0.25) is 15.9 Å². The van der Waals surface area contributed by atoms with Gasteiger partial charge in [-0.1, -0.05) is 25.0 Å². The van der Waals surface area contributed by atoms with Crippen LogP contribution < -0.4 is 14.8 Å². The third-order valence-electron chi connectivity index (χ3n) is 4.75. The largest absolute Gasteiger partial charge is 0.468 e. The number of halogens is 3. The van der Waals surface area contributed by atoms with Gasteiger partial charge >= 0.3 is 6.18 Å². The van der Waals surface area contributed by atoms with Gasteiger partial charge in [0.15, 0.2) is 6.61 Å². The van der Waals surface area contributed by atoms with Gasteiger partial charge < -0.3 is 10.1 Å². The fourth-order valence-corrected chi connectivity index (χ4v) is 4.60. The van der Waals surface area contributed by atoms with E-state index >= 15 is 0 Å². The summed E-state index contributed by atoms with van der Waals surface area (Å²) in [6.07, 6.45) is 0.267. The Morgan fingerprint density at radius 3 is 2.61 bits per heavy atom. The number of nitrogens with one attached hydrogen (secondary N) is 2. The Balaban J connectivity index is 1.66. The number of nitrogens with zero attached hydrogens (tertiary/aromatic N) is 1. The molecule has 0 aliphatic heterocycles. The molecule has 1 amide bonds. The predicted molar refractivity (Wildman–Crippen MR) is 106 cm³/mol. The molecule has 0 radical (unpaired) electrons. The molecule has 1 aromatic heterocycles. The molecule has 1 aliphatic carbocycles. The Bertz CT molecular complexity index is 1020. The highest BCUT2D eigenvalue weighted by molar-refractivity contribution is 7.89. The highest BCUT2D eigenvalue weighted by atomic mass is 32.2. The van der Waals surface area contributed by atoms with Crippen molar-refractivity contribution >= 4 is 15.9 Å². The van der Waals surface area contributed by atoms with E-state index in [1.54, 1.807) is 0 Å². The summed E-state index contributed by atoms with van der Waals surface area (Å²) in [5.41, 5.74) is 0.364. The number of benzene rings is 1. The lowest BCUT2D eigenvalue weighted by molar-refractivity contribution is -0.154. The second-order valence-corrected chi connectivity index (χ2v) is 8.90.